The Kier molecular flexibility index (Phi) is 9.63. The maximum atomic E-state index is 13.5. The molecule has 6 atom stereocenters. The fourth-order valence-corrected chi connectivity index (χ4v) is 5.57. The van der Waals surface area contributed by atoms with Crippen LogP contribution in [0.5, 0.6) is 17.2 Å². The van der Waals surface area contributed by atoms with Crippen LogP contribution < -0.4 is 0 Å². The Hall–Kier alpha value is -4.13. The molecule has 2 bridgehead atoms. The van der Waals surface area contributed by atoms with E-state index >= 15 is 0 Å². The van der Waals surface area contributed by atoms with Crippen molar-refractivity contribution in [2.75, 3.05) is 20.8 Å². The van der Waals surface area contributed by atoms with Crippen molar-refractivity contribution in [1.29, 1.82) is 0 Å². The number of hydrogen-bond acceptors (Lipinski definition) is 12. The Morgan fingerprint density at radius 2 is 1.60 bits per heavy atom. The number of aliphatic hydroxyl groups is 1. The first-order valence-electron chi connectivity index (χ1n) is 13.9. The lowest BCUT2D eigenvalue weighted by Gasteiger charge is -2.37. The molecule has 0 aromatic heterocycles. The van der Waals surface area contributed by atoms with Gasteiger partial charge in [0.15, 0.2) is 17.2 Å². The average Bonchev–Trinajstić information content (AvgIpc) is 3.12. The summed E-state index contributed by atoms with van der Waals surface area (Å²) in [5, 5.41) is 40.8. The van der Waals surface area contributed by atoms with Gasteiger partial charge in [-0.25, -0.2) is 14.4 Å². The third-order valence-electron chi connectivity index (χ3n) is 8.17. The molecule has 0 spiro atoms. The molecule has 12 heteroatoms. The molecule has 2 aliphatic rings. The van der Waals surface area contributed by atoms with Gasteiger partial charge in [-0.15, -0.1) is 0 Å². The molecule has 4 N–H and O–H groups in total. The fraction of sp³-hybridized carbons (Fsp3) is 0.452. The second-order valence-corrected chi connectivity index (χ2v) is 10.9. The molecular weight excluding hydrogens is 562 g/mol. The van der Waals surface area contributed by atoms with E-state index in [4.69, 9.17) is 18.9 Å². The van der Waals surface area contributed by atoms with E-state index in [2.05, 4.69) is 0 Å². The summed E-state index contributed by atoms with van der Waals surface area (Å²) in [7, 11) is 3.30. The third kappa shape index (κ3) is 6.61. The monoisotopic (exact) mass is 599 g/mol. The second-order valence-electron chi connectivity index (χ2n) is 10.9. The zero-order valence-electron chi connectivity index (χ0n) is 24.4. The number of allylic oxidation sites excluding steroid dienone is 1. The Morgan fingerprint density at radius 3 is 2.19 bits per heavy atom. The van der Waals surface area contributed by atoms with Crippen molar-refractivity contribution in [3.05, 3.63) is 65.2 Å². The first-order chi connectivity index (χ1) is 20.4. The van der Waals surface area contributed by atoms with Crippen LogP contribution in [0.3, 0.4) is 0 Å². The summed E-state index contributed by atoms with van der Waals surface area (Å²) < 4.78 is 22.6. The largest absolute Gasteiger partial charge is 0.504 e. The molecule has 2 fully saturated rings. The van der Waals surface area contributed by atoms with Crippen LogP contribution in [0.25, 0.3) is 0 Å². The van der Waals surface area contributed by atoms with E-state index in [-0.39, 0.29) is 23.6 Å². The number of esters is 3. The van der Waals surface area contributed by atoms with Crippen LogP contribution in [0.1, 0.15) is 49.0 Å². The molecule has 6 unspecified atom stereocenters. The predicted molar refractivity (Wildman–Crippen MR) is 151 cm³/mol. The van der Waals surface area contributed by atoms with E-state index in [1.54, 1.807) is 25.1 Å². The molecule has 0 aliphatic carbocycles. The van der Waals surface area contributed by atoms with E-state index in [0.717, 1.165) is 17.7 Å². The Morgan fingerprint density at radius 1 is 1.00 bits per heavy atom. The number of piperidine rings is 1. The molecule has 0 radical (unpaired) electrons. The normalized spacial score (nSPS) is 25.0. The van der Waals surface area contributed by atoms with Crippen molar-refractivity contribution >= 4 is 17.9 Å². The molecule has 43 heavy (non-hydrogen) atoms. The van der Waals surface area contributed by atoms with Crippen molar-refractivity contribution in [1.82, 2.24) is 4.90 Å². The molecule has 2 aromatic carbocycles. The zero-order chi connectivity index (χ0) is 31.5. The quantitative estimate of drug-likeness (QED) is 0.136. The minimum absolute atomic E-state index is 0.179. The molecule has 0 amide bonds. The van der Waals surface area contributed by atoms with Crippen LogP contribution in [0.4, 0.5) is 0 Å². The minimum Gasteiger partial charge on any atom is -0.504 e. The van der Waals surface area contributed by atoms with Crippen molar-refractivity contribution in [3.8, 4) is 17.2 Å². The lowest BCUT2D eigenvalue weighted by molar-refractivity contribution is -0.184. The molecule has 12 nitrogen and oxygen atoms in total. The molecular formula is C31H37NO11. The number of ether oxygens (including phenoxy) is 4. The van der Waals surface area contributed by atoms with Crippen LogP contribution in [-0.2, 0) is 34.1 Å². The highest BCUT2D eigenvalue weighted by molar-refractivity contribution is 5.91. The zero-order valence-corrected chi connectivity index (χ0v) is 24.4. The smallest absolute Gasteiger partial charge is 0.346 e. The SMILES string of the molecule is CC/C(C)=C/C(=O)OCC(O)(C(=O)OC1CC2C(OC)C(OC(=O)c3cc(O)c(O)c(O)c3)C(C1)N2C)c1ccccc1. The van der Waals surface area contributed by atoms with Gasteiger partial charge in [0.2, 0.25) is 5.60 Å². The van der Waals surface area contributed by atoms with E-state index < -0.39 is 71.7 Å². The maximum absolute atomic E-state index is 13.5. The number of nitrogens with zero attached hydrogens (tertiary/aromatic N) is 1. The van der Waals surface area contributed by atoms with Crippen molar-refractivity contribution in [3.63, 3.8) is 0 Å². The summed E-state index contributed by atoms with van der Waals surface area (Å²) in [6.07, 6.45) is 0.354. The average molecular weight is 600 g/mol. The fourth-order valence-electron chi connectivity index (χ4n) is 5.57. The first-order valence-corrected chi connectivity index (χ1v) is 13.9. The molecule has 232 valence electrons. The number of aromatic hydroxyl groups is 3. The van der Waals surface area contributed by atoms with Gasteiger partial charge in [-0.3, -0.25) is 4.90 Å². The highest BCUT2D eigenvalue weighted by Gasteiger charge is 2.55. The van der Waals surface area contributed by atoms with Gasteiger partial charge in [-0.1, -0.05) is 42.8 Å². The Labute approximate surface area is 249 Å². The molecule has 2 aromatic rings. The molecule has 4 rings (SSSR count). The number of phenols is 3. The van der Waals surface area contributed by atoms with Gasteiger partial charge in [0.05, 0.1) is 11.6 Å². The van der Waals surface area contributed by atoms with Crippen LogP contribution in [0, 0.1) is 0 Å². The number of fused-ring (bicyclic) bond motifs is 2. The Balaban J connectivity index is 1.51. The van der Waals surface area contributed by atoms with Crippen molar-refractivity contribution in [2.45, 2.75) is 69.1 Å². The Bertz CT molecular complexity index is 1350. The maximum Gasteiger partial charge on any atom is 0.346 e. The standard InChI is InChI=1S/C31H37NO11/c1-5-17(2)11-25(35)41-16-31(39,19-9-7-6-8-10-19)30(38)42-20-14-21-27(40-4)28(22(15-20)32(21)3)43-29(37)18-12-23(33)26(36)24(34)13-18/h6-13,20-22,27-28,33-34,36,39H,5,14-16H2,1-4H3/b17-11+. The number of rotatable bonds is 10. The summed E-state index contributed by atoms with van der Waals surface area (Å²) in [6.45, 7) is 2.99. The highest BCUT2D eigenvalue weighted by atomic mass is 16.6. The van der Waals surface area contributed by atoms with Gasteiger partial charge >= 0.3 is 17.9 Å². The number of phenolic OH excluding ortho intramolecular Hbond substituents is 3. The number of methoxy groups -OCH3 is 1. The van der Waals surface area contributed by atoms with Crippen LogP contribution in [0.15, 0.2) is 54.1 Å². The number of hydrogen-bond donors (Lipinski definition) is 4. The lowest BCUT2D eigenvalue weighted by Crippen LogP contribution is -2.49. The number of benzene rings is 2. The number of likely N-dealkylation sites (N-methyl/N-ethyl adjacent to an activating group) is 1. The second kappa shape index (κ2) is 13.0. The van der Waals surface area contributed by atoms with Crippen LogP contribution in [-0.4, -0.2) is 94.4 Å². The summed E-state index contributed by atoms with van der Waals surface area (Å²) in [5.74, 6) is -4.67. The molecule has 2 saturated heterocycles. The summed E-state index contributed by atoms with van der Waals surface area (Å²) >= 11 is 0. The number of carbonyl (C=O) groups excluding carboxylic acids is 3. The first kappa shape index (κ1) is 31.8. The van der Waals surface area contributed by atoms with Gasteiger partial charge in [0, 0.05) is 32.1 Å². The lowest BCUT2D eigenvalue weighted by atomic mass is 9.94. The molecule has 0 saturated carbocycles. The molecule has 2 heterocycles. The van der Waals surface area contributed by atoms with Gasteiger partial charge < -0.3 is 39.4 Å². The van der Waals surface area contributed by atoms with Crippen molar-refractivity contribution < 1.29 is 53.8 Å². The van der Waals surface area contributed by atoms with E-state index in [9.17, 15) is 34.8 Å². The predicted octanol–water partition coefficient (Wildman–Crippen LogP) is 2.52. The van der Waals surface area contributed by atoms with Gasteiger partial charge in [-0.2, -0.15) is 0 Å². The van der Waals surface area contributed by atoms with Crippen LogP contribution >= 0.6 is 0 Å². The highest BCUT2D eigenvalue weighted by Crippen LogP contribution is 2.41. The van der Waals surface area contributed by atoms with Gasteiger partial charge in [-0.05, 0) is 38.1 Å². The third-order valence-corrected chi connectivity index (χ3v) is 8.17. The van der Waals surface area contributed by atoms with Crippen molar-refractivity contribution in [2.24, 2.45) is 0 Å². The van der Waals surface area contributed by atoms with E-state index in [1.807, 2.05) is 18.9 Å². The topological polar surface area (TPSA) is 172 Å². The summed E-state index contributed by atoms with van der Waals surface area (Å²) in [6, 6.07) is 9.25. The minimum atomic E-state index is -2.28. The van der Waals surface area contributed by atoms with E-state index in [1.165, 1.54) is 25.3 Å². The van der Waals surface area contributed by atoms with Gasteiger partial charge in [0.25, 0.3) is 0 Å². The van der Waals surface area contributed by atoms with Crippen LogP contribution in [0.2, 0.25) is 0 Å². The van der Waals surface area contributed by atoms with Gasteiger partial charge in [0.1, 0.15) is 24.9 Å². The van der Waals surface area contributed by atoms with E-state index in [0.29, 0.717) is 12.8 Å². The summed E-state index contributed by atoms with van der Waals surface area (Å²) in [4.78, 5) is 40.8. The number of carbonyl (C=O) groups is 3. The molecule has 2 aliphatic heterocycles. The summed E-state index contributed by atoms with van der Waals surface area (Å²) in [5.41, 5.74) is -1.48.